The zero-order valence-corrected chi connectivity index (χ0v) is 14.4. The summed E-state index contributed by atoms with van der Waals surface area (Å²) in [5.74, 6) is 1.02. The Kier molecular flexibility index (Phi) is 5.02. The first kappa shape index (κ1) is 17.0. The number of pyridine rings is 1. The topological polar surface area (TPSA) is 87.5 Å². The van der Waals surface area contributed by atoms with E-state index >= 15 is 0 Å². The van der Waals surface area contributed by atoms with Gasteiger partial charge in [0.2, 0.25) is 5.91 Å². The summed E-state index contributed by atoms with van der Waals surface area (Å²) >= 11 is 0. The minimum Gasteiger partial charge on any atom is -0.467 e. The second-order valence-corrected chi connectivity index (χ2v) is 6.25. The van der Waals surface area contributed by atoms with E-state index in [9.17, 15) is 9.59 Å². The van der Waals surface area contributed by atoms with Gasteiger partial charge in [0.1, 0.15) is 17.6 Å². The van der Waals surface area contributed by atoms with E-state index < -0.39 is 6.04 Å². The van der Waals surface area contributed by atoms with Gasteiger partial charge in [-0.2, -0.15) is 0 Å². The lowest BCUT2D eigenvalue weighted by atomic mass is 10.2. The molecule has 0 spiro atoms. The number of hydrogen-bond acceptors (Lipinski definition) is 4. The van der Waals surface area contributed by atoms with Crippen molar-refractivity contribution in [2.75, 3.05) is 11.9 Å². The van der Waals surface area contributed by atoms with Crippen molar-refractivity contribution in [3.63, 3.8) is 0 Å². The van der Waals surface area contributed by atoms with Crippen LogP contribution in [0.3, 0.4) is 0 Å². The summed E-state index contributed by atoms with van der Waals surface area (Å²) in [7, 11) is 0. The molecule has 0 aliphatic carbocycles. The van der Waals surface area contributed by atoms with Gasteiger partial charge in [0.15, 0.2) is 0 Å². The van der Waals surface area contributed by atoms with E-state index in [1.807, 2.05) is 26.0 Å². The second-order valence-electron chi connectivity index (χ2n) is 6.25. The van der Waals surface area contributed by atoms with Crippen molar-refractivity contribution < 1.29 is 14.0 Å². The molecule has 2 aromatic rings. The Labute approximate surface area is 146 Å². The summed E-state index contributed by atoms with van der Waals surface area (Å²) in [5.41, 5.74) is 1.86. The Morgan fingerprint density at radius 3 is 2.92 bits per heavy atom. The van der Waals surface area contributed by atoms with Gasteiger partial charge in [-0.1, -0.05) is 0 Å². The van der Waals surface area contributed by atoms with E-state index in [4.69, 9.17) is 4.42 Å². The maximum absolute atomic E-state index is 12.6. The molecule has 3 rings (SSSR count). The van der Waals surface area contributed by atoms with Crippen LogP contribution in [0, 0.1) is 13.8 Å². The third-order valence-corrected chi connectivity index (χ3v) is 4.17. The average Bonchev–Trinajstić information content (AvgIpc) is 3.23. The summed E-state index contributed by atoms with van der Waals surface area (Å²) in [6.45, 7) is 4.69. The van der Waals surface area contributed by atoms with E-state index in [0.717, 1.165) is 17.7 Å². The molecule has 7 nitrogen and oxygen atoms in total. The third kappa shape index (κ3) is 4.17. The molecular formula is C18H22N4O3. The van der Waals surface area contributed by atoms with Crippen molar-refractivity contribution in [1.29, 1.82) is 0 Å². The molecular weight excluding hydrogens is 320 g/mol. The molecule has 3 heterocycles. The Bertz CT molecular complexity index is 737. The van der Waals surface area contributed by atoms with Crippen molar-refractivity contribution in [2.24, 2.45) is 0 Å². The number of carbonyl (C=O) groups excluding carboxylic acids is 2. The maximum atomic E-state index is 12.6. The van der Waals surface area contributed by atoms with Gasteiger partial charge in [-0.25, -0.2) is 9.78 Å². The molecule has 2 aromatic heterocycles. The van der Waals surface area contributed by atoms with Gasteiger partial charge in [0.25, 0.3) is 0 Å². The molecule has 1 unspecified atom stereocenters. The van der Waals surface area contributed by atoms with E-state index in [0.29, 0.717) is 31.1 Å². The number of nitrogens with zero attached hydrogens (tertiary/aromatic N) is 2. The molecule has 0 aromatic carbocycles. The van der Waals surface area contributed by atoms with Crippen LogP contribution in [-0.2, 0) is 11.3 Å². The lowest BCUT2D eigenvalue weighted by molar-refractivity contribution is -0.124. The second kappa shape index (κ2) is 7.38. The monoisotopic (exact) mass is 342 g/mol. The van der Waals surface area contributed by atoms with Crippen LogP contribution in [0.1, 0.15) is 29.9 Å². The number of hydrogen-bond donors (Lipinski definition) is 2. The van der Waals surface area contributed by atoms with Gasteiger partial charge in [-0.05, 0) is 56.5 Å². The fraction of sp³-hybridized carbons (Fsp3) is 0.389. The van der Waals surface area contributed by atoms with Gasteiger partial charge >= 0.3 is 6.03 Å². The zero-order valence-electron chi connectivity index (χ0n) is 14.4. The number of carbonyl (C=O) groups is 2. The normalized spacial score (nSPS) is 16.7. The van der Waals surface area contributed by atoms with E-state index in [1.165, 1.54) is 0 Å². The molecule has 1 saturated heterocycles. The first-order chi connectivity index (χ1) is 12.0. The molecule has 25 heavy (non-hydrogen) atoms. The van der Waals surface area contributed by atoms with Crippen molar-refractivity contribution in [1.82, 2.24) is 15.2 Å². The number of rotatable bonds is 4. The Morgan fingerprint density at radius 1 is 1.36 bits per heavy atom. The van der Waals surface area contributed by atoms with Gasteiger partial charge in [-0.15, -0.1) is 0 Å². The standard InChI is InChI=1S/C18H22N4O3/c1-12-9-13(2)20-16(10-12)21-18(24)22-7-3-6-15(22)17(23)19-11-14-5-4-8-25-14/h4-5,8-10,15H,3,6-7,11H2,1-2H3,(H,19,23)(H,20,21,24). The fourth-order valence-electron chi connectivity index (χ4n) is 3.07. The van der Waals surface area contributed by atoms with Crippen LogP contribution in [-0.4, -0.2) is 34.4 Å². The van der Waals surface area contributed by atoms with Crippen molar-refractivity contribution in [2.45, 2.75) is 39.3 Å². The highest BCUT2D eigenvalue weighted by atomic mass is 16.3. The van der Waals surface area contributed by atoms with Crippen LogP contribution in [0.2, 0.25) is 0 Å². The van der Waals surface area contributed by atoms with Crippen molar-refractivity contribution >= 4 is 17.8 Å². The first-order valence-electron chi connectivity index (χ1n) is 8.36. The van der Waals surface area contributed by atoms with Crippen molar-refractivity contribution in [3.05, 3.63) is 47.5 Å². The number of nitrogens with one attached hydrogen (secondary N) is 2. The summed E-state index contributed by atoms with van der Waals surface area (Å²) in [4.78, 5) is 30.9. The lowest BCUT2D eigenvalue weighted by Gasteiger charge is -2.24. The van der Waals surface area contributed by atoms with E-state index in [1.54, 1.807) is 23.3 Å². The van der Waals surface area contributed by atoms with E-state index in [2.05, 4.69) is 15.6 Å². The average molecular weight is 342 g/mol. The molecule has 3 amide bonds. The number of amides is 3. The third-order valence-electron chi connectivity index (χ3n) is 4.17. The molecule has 7 heteroatoms. The minimum atomic E-state index is -0.471. The number of likely N-dealkylation sites (tertiary alicyclic amines) is 1. The molecule has 0 saturated carbocycles. The van der Waals surface area contributed by atoms with Crippen LogP contribution in [0.25, 0.3) is 0 Å². The van der Waals surface area contributed by atoms with Crippen molar-refractivity contribution in [3.8, 4) is 0 Å². The van der Waals surface area contributed by atoms with Gasteiger partial charge in [0, 0.05) is 12.2 Å². The SMILES string of the molecule is Cc1cc(C)nc(NC(=O)N2CCCC2C(=O)NCc2ccco2)c1. The summed E-state index contributed by atoms with van der Waals surface area (Å²) in [6.07, 6.45) is 3.01. The highest BCUT2D eigenvalue weighted by Crippen LogP contribution is 2.19. The number of aryl methyl sites for hydroxylation is 2. The summed E-state index contributed by atoms with van der Waals surface area (Å²) in [6, 6.07) is 6.55. The Morgan fingerprint density at radius 2 is 2.20 bits per heavy atom. The van der Waals surface area contributed by atoms with E-state index in [-0.39, 0.29) is 11.9 Å². The quantitative estimate of drug-likeness (QED) is 0.894. The molecule has 1 aliphatic rings. The Hall–Kier alpha value is -2.83. The maximum Gasteiger partial charge on any atom is 0.323 e. The molecule has 1 fully saturated rings. The number of anilines is 1. The molecule has 2 N–H and O–H groups in total. The van der Waals surface area contributed by atoms with Crippen LogP contribution in [0.4, 0.5) is 10.6 Å². The number of urea groups is 1. The van der Waals surface area contributed by atoms with Crippen LogP contribution in [0.15, 0.2) is 34.9 Å². The smallest absolute Gasteiger partial charge is 0.323 e. The molecule has 0 radical (unpaired) electrons. The molecule has 132 valence electrons. The highest BCUT2D eigenvalue weighted by Gasteiger charge is 2.34. The number of furan rings is 1. The van der Waals surface area contributed by atoms with Crippen LogP contribution >= 0.6 is 0 Å². The summed E-state index contributed by atoms with van der Waals surface area (Å²) < 4.78 is 5.21. The summed E-state index contributed by atoms with van der Waals surface area (Å²) in [5, 5.41) is 5.62. The van der Waals surface area contributed by atoms with Crippen LogP contribution in [0.5, 0.6) is 0 Å². The molecule has 1 atom stereocenters. The molecule has 0 bridgehead atoms. The Balaban J connectivity index is 1.61. The largest absolute Gasteiger partial charge is 0.467 e. The minimum absolute atomic E-state index is 0.169. The number of aromatic nitrogens is 1. The van der Waals surface area contributed by atoms with Gasteiger partial charge < -0.3 is 14.6 Å². The van der Waals surface area contributed by atoms with Gasteiger partial charge in [0.05, 0.1) is 12.8 Å². The van der Waals surface area contributed by atoms with Crippen LogP contribution < -0.4 is 10.6 Å². The lowest BCUT2D eigenvalue weighted by Crippen LogP contribution is -2.47. The fourth-order valence-corrected chi connectivity index (χ4v) is 3.07. The predicted octanol–water partition coefficient (Wildman–Crippen LogP) is 2.60. The zero-order chi connectivity index (χ0) is 17.8. The highest BCUT2D eigenvalue weighted by molar-refractivity contribution is 5.93. The predicted molar refractivity (Wildman–Crippen MR) is 93.0 cm³/mol. The first-order valence-corrected chi connectivity index (χ1v) is 8.36. The molecule has 1 aliphatic heterocycles. The van der Waals surface area contributed by atoms with Gasteiger partial charge in [-0.3, -0.25) is 10.1 Å².